The van der Waals surface area contributed by atoms with Crippen molar-refractivity contribution in [2.24, 2.45) is 5.41 Å². The van der Waals surface area contributed by atoms with Crippen LogP contribution in [-0.2, 0) is 0 Å². The summed E-state index contributed by atoms with van der Waals surface area (Å²) in [6, 6.07) is 0. The zero-order valence-electron chi connectivity index (χ0n) is 24.4. The molecule has 0 amide bonds. The average molecular weight is 487 g/mol. The quantitative estimate of drug-likeness (QED) is 0.553. The minimum atomic E-state index is 0.422. The van der Waals surface area contributed by atoms with Crippen LogP contribution in [0.3, 0.4) is 0 Å². The molecule has 2 aliphatic rings. The third-order valence-corrected chi connectivity index (χ3v) is 8.20. The maximum absolute atomic E-state index is 3.69. The Balaban J connectivity index is 2.30. The van der Waals surface area contributed by atoms with Gasteiger partial charge in [-0.3, -0.25) is 0 Å². The topological polar surface area (TPSA) is 28.2 Å². The van der Waals surface area contributed by atoms with Crippen LogP contribution >= 0.6 is 0 Å². The van der Waals surface area contributed by atoms with Crippen molar-refractivity contribution >= 4 is 34.1 Å². The second-order valence-electron chi connectivity index (χ2n) is 12.1. The highest BCUT2D eigenvalue weighted by Gasteiger charge is 2.34. The molecule has 6 nitrogen and oxygen atoms in total. The predicted octanol–water partition coefficient (Wildman–Crippen LogP) is 6.10. The van der Waals surface area contributed by atoms with Gasteiger partial charge in [0, 0.05) is 75.5 Å². The number of piperidine rings is 1. The highest BCUT2D eigenvalue weighted by Crippen LogP contribution is 2.56. The first kappa shape index (κ1) is 27.6. The molecule has 0 aromatic heterocycles. The number of hydrogen-bond acceptors (Lipinski definition) is 6. The van der Waals surface area contributed by atoms with E-state index in [9.17, 15) is 0 Å². The monoisotopic (exact) mass is 486 g/mol. The average Bonchev–Trinajstić information content (AvgIpc) is 2.80. The fourth-order valence-corrected chi connectivity index (χ4v) is 5.95. The molecule has 2 heterocycles. The SMILES string of the molecule is CNc1c2c(N(C)C)c(N3CCC(C)(C)CC3)c(N(C)C)c1N(C)CCCCCCCCCN2C. The summed E-state index contributed by atoms with van der Waals surface area (Å²) in [4.78, 5) is 12.5. The van der Waals surface area contributed by atoms with Gasteiger partial charge in [-0.1, -0.05) is 46.0 Å². The Labute approximate surface area is 216 Å². The summed E-state index contributed by atoms with van der Waals surface area (Å²) in [5.74, 6) is 0. The zero-order chi connectivity index (χ0) is 25.8. The standard InChI is InChI=1S/C29H54N6/c1-29(2)17-21-35(22-18-29)28-26(31(4)5)24-23(30-3)25(27(28)32(6)7)34(9)20-16-14-12-10-11-13-15-19-33(24)8/h30H,10-22H2,1-9H3. The van der Waals surface area contributed by atoms with Gasteiger partial charge in [-0.05, 0) is 31.1 Å². The second kappa shape index (κ2) is 11.8. The molecule has 35 heavy (non-hydrogen) atoms. The van der Waals surface area contributed by atoms with Crippen LogP contribution in [-0.4, -0.2) is 75.5 Å². The highest BCUT2D eigenvalue weighted by molar-refractivity contribution is 6.09. The minimum Gasteiger partial charge on any atom is -0.385 e. The Morgan fingerprint density at radius 3 is 1.40 bits per heavy atom. The van der Waals surface area contributed by atoms with Crippen LogP contribution in [0.2, 0.25) is 0 Å². The van der Waals surface area contributed by atoms with Gasteiger partial charge in [-0.25, -0.2) is 0 Å². The van der Waals surface area contributed by atoms with Crippen LogP contribution in [0.15, 0.2) is 0 Å². The Morgan fingerprint density at radius 1 is 0.629 bits per heavy atom. The molecular formula is C29H54N6. The van der Waals surface area contributed by atoms with E-state index >= 15 is 0 Å². The summed E-state index contributed by atoms with van der Waals surface area (Å²) in [7, 11) is 15.6. The molecule has 1 aromatic carbocycles. The molecule has 0 radical (unpaired) electrons. The largest absolute Gasteiger partial charge is 0.385 e. The van der Waals surface area contributed by atoms with E-state index in [1.807, 2.05) is 0 Å². The molecule has 0 spiro atoms. The lowest BCUT2D eigenvalue weighted by atomic mass is 9.82. The van der Waals surface area contributed by atoms with E-state index < -0.39 is 0 Å². The summed E-state index contributed by atoms with van der Waals surface area (Å²) in [6.45, 7) is 9.26. The molecule has 6 heteroatoms. The van der Waals surface area contributed by atoms with Crippen LogP contribution in [0.5, 0.6) is 0 Å². The normalized spacial score (nSPS) is 19.9. The molecule has 0 aliphatic carbocycles. The number of hydrogen-bond donors (Lipinski definition) is 1. The van der Waals surface area contributed by atoms with Gasteiger partial charge in [-0.15, -0.1) is 0 Å². The van der Waals surface area contributed by atoms with Crippen molar-refractivity contribution in [3.05, 3.63) is 0 Å². The molecule has 0 saturated carbocycles. The lowest BCUT2D eigenvalue weighted by molar-refractivity contribution is 0.280. The summed E-state index contributed by atoms with van der Waals surface area (Å²) in [6.07, 6.45) is 11.7. The predicted molar refractivity (Wildman–Crippen MR) is 159 cm³/mol. The number of fused-ring (bicyclic) bond motifs is 2. The van der Waals surface area contributed by atoms with Gasteiger partial charge >= 0.3 is 0 Å². The first-order valence-corrected chi connectivity index (χ1v) is 14.0. The first-order valence-electron chi connectivity index (χ1n) is 14.0. The second-order valence-corrected chi connectivity index (χ2v) is 12.1. The molecule has 1 aromatic rings. The molecule has 0 unspecified atom stereocenters. The number of nitrogens with zero attached hydrogens (tertiary/aromatic N) is 5. The van der Waals surface area contributed by atoms with Crippen molar-refractivity contribution in [2.45, 2.75) is 71.6 Å². The fourth-order valence-electron chi connectivity index (χ4n) is 5.95. The molecule has 1 N–H and O–H groups in total. The summed E-state index contributed by atoms with van der Waals surface area (Å²) < 4.78 is 0. The third kappa shape index (κ3) is 6.24. The number of anilines is 6. The van der Waals surface area contributed by atoms with Gasteiger partial charge < -0.3 is 29.8 Å². The molecule has 200 valence electrons. The summed E-state index contributed by atoms with van der Waals surface area (Å²) >= 11 is 0. The van der Waals surface area contributed by atoms with Gasteiger partial charge in [0.2, 0.25) is 0 Å². The number of benzene rings is 1. The van der Waals surface area contributed by atoms with Crippen molar-refractivity contribution < 1.29 is 0 Å². The lowest BCUT2D eigenvalue weighted by Crippen LogP contribution is -2.39. The van der Waals surface area contributed by atoms with Gasteiger partial charge in [-0.2, -0.15) is 0 Å². The maximum Gasteiger partial charge on any atom is 0.0886 e. The summed E-state index contributed by atoms with van der Waals surface area (Å²) in [5, 5.41) is 3.69. The Morgan fingerprint density at radius 2 is 1.03 bits per heavy atom. The van der Waals surface area contributed by atoms with Crippen LogP contribution in [0.1, 0.15) is 71.6 Å². The third-order valence-electron chi connectivity index (χ3n) is 8.20. The van der Waals surface area contributed by atoms with Gasteiger partial charge in [0.25, 0.3) is 0 Å². The zero-order valence-corrected chi connectivity index (χ0v) is 24.4. The van der Waals surface area contributed by atoms with Crippen molar-refractivity contribution in [3.8, 4) is 0 Å². The van der Waals surface area contributed by atoms with Crippen molar-refractivity contribution in [2.75, 3.05) is 105 Å². The Hall–Kier alpha value is -1.98. The van der Waals surface area contributed by atoms with Gasteiger partial charge in [0.1, 0.15) is 0 Å². The molecular weight excluding hydrogens is 432 g/mol. The first-order chi connectivity index (χ1) is 16.6. The molecule has 1 fully saturated rings. The van der Waals surface area contributed by atoms with E-state index in [4.69, 9.17) is 0 Å². The van der Waals surface area contributed by atoms with E-state index in [-0.39, 0.29) is 0 Å². The van der Waals surface area contributed by atoms with Crippen molar-refractivity contribution in [1.82, 2.24) is 0 Å². The Bertz CT molecular complexity index is 772. The van der Waals surface area contributed by atoms with E-state index in [0.717, 1.165) is 26.2 Å². The van der Waals surface area contributed by atoms with E-state index in [2.05, 4.69) is 93.0 Å². The van der Waals surface area contributed by atoms with Crippen LogP contribution < -0.4 is 29.8 Å². The van der Waals surface area contributed by atoms with Crippen LogP contribution in [0, 0.1) is 5.41 Å². The molecule has 1 saturated heterocycles. The number of nitrogens with one attached hydrogen (secondary N) is 1. The van der Waals surface area contributed by atoms with E-state index in [0.29, 0.717) is 5.41 Å². The molecule has 3 rings (SSSR count). The van der Waals surface area contributed by atoms with Crippen LogP contribution in [0.25, 0.3) is 0 Å². The van der Waals surface area contributed by atoms with E-state index in [1.165, 1.54) is 91.9 Å². The van der Waals surface area contributed by atoms with Gasteiger partial charge in [0.05, 0.1) is 34.1 Å². The maximum atomic E-state index is 3.69. The minimum absolute atomic E-state index is 0.422. The van der Waals surface area contributed by atoms with E-state index in [1.54, 1.807) is 0 Å². The highest BCUT2D eigenvalue weighted by atomic mass is 15.3. The van der Waals surface area contributed by atoms with Crippen molar-refractivity contribution in [1.29, 1.82) is 0 Å². The van der Waals surface area contributed by atoms with Gasteiger partial charge in [0.15, 0.2) is 0 Å². The fraction of sp³-hybridized carbons (Fsp3) is 0.793. The number of rotatable bonds is 4. The summed E-state index contributed by atoms with van der Waals surface area (Å²) in [5.41, 5.74) is 8.49. The van der Waals surface area contributed by atoms with Crippen molar-refractivity contribution in [3.63, 3.8) is 0 Å². The Kier molecular flexibility index (Phi) is 9.34. The smallest absolute Gasteiger partial charge is 0.0886 e. The molecule has 0 atom stereocenters. The molecule has 2 aliphatic heterocycles. The molecule has 2 bridgehead atoms. The lowest BCUT2D eigenvalue weighted by Gasteiger charge is -2.44. The van der Waals surface area contributed by atoms with Crippen LogP contribution in [0.4, 0.5) is 34.1 Å².